The molecule has 2 aromatic heterocycles. The van der Waals surface area contributed by atoms with E-state index in [1.54, 1.807) is 36.1 Å². The maximum absolute atomic E-state index is 13.1. The highest BCUT2D eigenvalue weighted by Crippen LogP contribution is 2.33. The summed E-state index contributed by atoms with van der Waals surface area (Å²) < 4.78 is 41.0. The number of anilines is 5. The molecular formula is C32H31F3N8O. The lowest BCUT2D eigenvalue weighted by Gasteiger charge is -2.32. The SMILES string of the molecule is Cc1ccc(NC(=O)c2cccc(C(F)(F)F)c2)cc1Nc1nn(C)c2nc(Nc3ccc4c(c3)C(C)N(C)CC4)ncc12. The van der Waals surface area contributed by atoms with Gasteiger partial charge in [-0.3, -0.25) is 9.69 Å². The van der Waals surface area contributed by atoms with Crippen LogP contribution < -0.4 is 16.0 Å². The number of hydrogen-bond acceptors (Lipinski definition) is 7. The first-order valence-corrected chi connectivity index (χ1v) is 14.1. The number of benzene rings is 3. The molecular weight excluding hydrogens is 569 g/mol. The van der Waals surface area contributed by atoms with Crippen molar-refractivity contribution in [3.63, 3.8) is 0 Å². The van der Waals surface area contributed by atoms with Crippen LogP contribution in [0.25, 0.3) is 11.0 Å². The van der Waals surface area contributed by atoms with E-state index >= 15 is 0 Å². The van der Waals surface area contributed by atoms with Gasteiger partial charge in [0.05, 0.1) is 10.9 Å². The van der Waals surface area contributed by atoms with E-state index in [4.69, 9.17) is 4.98 Å². The standard InChI is InChI=1S/C32H31F3N8O/c1-18-8-10-24(37-30(44)21-6-5-7-22(14-21)32(33,34)35)16-27(18)39-28-26-17-36-31(40-29(26)43(4)41-28)38-23-11-9-20-12-13-42(3)19(2)25(20)15-23/h5-11,14-17,19H,12-13H2,1-4H3,(H,37,44)(H,39,41)(H,36,38,40). The van der Waals surface area contributed by atoms with Crippen LogP contribution in [0.4, 0.5) is 42.0 Å². The van der Waals surface area contributed by atoms with Crippen molar-refractivity contribution in [2.45, 2.75) is 32.5 Å². The summed E-state index contributed by atoms with van der Waals surface area (Å²) in [5, 5.41) is 14.6. The minimum atomic E-state index is -4.54. The van der Waals surface area contributed by atoms with E-state index < -0.39 is 17.6 Å². The Morgan fingerprint density at radius 3 is 2.59 bits per heavy atom. The van der Waals surface area contributed by atoms with Crippen molar-refractivity contribution in [1.29, 1.82) is 0 Å². The van der Waals surface area contributed by atoms with Crippen LogP contribution in [0.2, 0.25) is 0 Å². The highest BCUT2D eigenvalue weighted by atomic mass is 19.4. The van der Waals surface area contributed by atoms with E-state index in [9.17, 15) is 18.0 Å². The first kappa shape index (κ1) is 29.1. The quantitative estimate of drug-likeness (QED) is 0.193. The number of carbonyl (C=O) groups is 1. The van der Waals surface area contributed by atoms with Crippen molar-refractivity contribution >= 4 is 45.8 Å². The molecule has 12 heteroatoms. The highest BCUT2D eigenvalue weighted by Gasteiger charge is 2.31. The minimum Gasteiger partial charge on any atom is -0.338 e. The number of fused-ring (bicyclic) bond motifs is 2. The summed E-state index contributed by atoms with van der Waals surface area (Å²) in [7, 11) is 3.92. The smallest absolute Gasteiger partial charge is 0.338 e. The van der Waals surface area contributed by atoms with Crippen molar-refractivity contribution in [2.24, 2.45) is 7.05 Å². The molecule has 44 heavy (non-hydrogen) atoms. The lowest BCUT2D eigenvalue weighted by molar-refractivity contribution is -0.137. The molecule has 9 nitrogen and oxygen atoms in total. The normalized spacial score (nSPS) is 15.2. The number of rotatable bonds is 6. The summed E-state index contributed by atoms with van der Waals surface area (Å²) in [6, 6.07) is 16.2. The van der Waals surface area contributed by atoms with Gasteiger partial charge in [-0.15, -0.1) is 0 Å². The van der Waals surface area contributed by atoms with Crippen LogP contribution in [0.5, 0.6) is 0 Å². The van der Waals surface area contributed by atoms with E-state index in [0.717, 1.165) is 36.3 Å². The van der Waals surface area contributed by atoms with E-state index in [0.29, 0.717) is 40.2 Å². The summed E-state index contributed by atoms with van der Waals surface area (Å²) in [5.74, 6) is 0.312. The van der Waals surface area contributed by atoms with Crippen LogP contribution in [-0.4, -0.2) is 44.1 Å². The number of nitrogens with one attached hydrogen (secondary N) is 3. The van der Waals surface area contributed by atoms with Gasteiger partial charge >= 0.3 is 6.18 Å². The number of hydrogen-bond donors (Lipinski definition) is 3. The van der Waals surface area contributed by atoms with Gasteiger partial charge in [-0.25, -0.2) is 9.67 Å². The van der Waals surface area contributed by atoms with E-state index in [1.807, 2.05) is 13.0 Å². The van der Waals surface area contributed by atoms with Crippen LogP contribution in [0.3, 0.4) is 0 Å². The van der Waals surface area contributed by atoms with Crippen molar-refractivity contribution < 1.29 is 18.0 Å². The maximum Gasteiger partial charge on any atom is 0.416 e. The molecule has 1 unspecified atom stereocenters. The number of aryl methyl sites for hydroxylation is 2. The molecule has 6 rings (SSSR count). The lowest BCUT2D eigenvalue weighted by atomic mass is 9.93. The zero-order chi connectivity index (χ0) is 31.2. The van der Waals surface area contributed by atoms with Crippen molar-refractivity contribution in [3.8, 4) is 0 Å². The fourth-order valence-corrected chi connectivity index (χ4v) is 5.34. The van der Waals surface area contributed by atoms with Crippen LogP contribution in [-0.2, 0) is 19.6 Å². The molecule has 0 aliphatic carbocycles. The largest absolute Gasteiger partial charge is 0.416 e. The first-order chi connectivity index (χ1) is 21.0. The summed E-state index contributed by atoms with van der Waals surface area (Å²) >= 11 is 0. The Hall–Kier alpha value is -4.97. The van der Waals surface area contributed by atoms with Gasteiger partial charge in [0.15, 0.2) is 11.5 Å². The summed E-state index contributed by atoms with van der Waals surface area (Å²) in [4.78, 5) is 24.3. The molecule has 1 atom stereocenters. The van der Waals surface area contributed by atoms with Crippen molar-refractivity contribution in [2.75, 3.05) is 29.5 Å². The molecule has 0 radical (unpaired) electrons. The Bertz CT molecular complexity index is 1880. The van der Waals surface area contributed by atoms with Crippen molar-refractivity contribution in [3.05, 3.63) is 94.7 Å². The average molecular weight is 601 g/mol. The van der Waals surface area contributed by atoms with Gasteiger partial charge in [-0.05, 0) is 86.5 Å². The number of halogens is 3. The molecule has 3 N–H and O–H groups in total. The van der Waals surface area contributed by atoms with Gasteiger partial charge in [-0.2, -0.15) is 23.3 Å². The van der Waals surface area contributed by atoms with E-state index in [-0.39, 0.29) is 5.56 Å². The molecule has 3 heterocycles. The fourth-order valence-electron chi connectivity index (χ4n) is 5.34. The molecule has 1 amide bonds. The van der Waals surface area contributed by atoms with Gasteiger partial charge in [-0.1, -0.05) is 18.2 Å². The van der Waals surface area contributed by atoms with Crippen LogP contribution in [0.15, 0.2) is 66.9 Å². The third-order valence-corrected chi connectivity index (χ3v) is 8.03. The van der Waals surface area contributed by atoms with E-state index in [1.165, 1.54) is 23.3 Å². The van der Waals surface area contributed by atoms with Gasteiger partial charge in [0.2, 0.25) is 5.95 Å². The minimum absolute atomic E-state index is 0.0931. The topological polar surface area (TPSA) is 100 Å². The second kappa shape index (κ2) is 11.3. The molecule has 0 saturated carbocycles. The molecule has 1 aliphatic heterocycles. The number of aromatic nitrogens is 4. The Kier molecular flexibility index (Phi) is 7.46. The molecule has 226 valence electrons. The van der Waals surface area contributed by atoms with Crippen LogP contribution in [0.1, 0.15) is 45.6 Å². The molecule has 0 spiro atoms. The molecule has 0 fully saturated rings. The Morgan fingerprint density at radius 2 is 1.80 bits per heavy atom. The second-order valence-corrected chi connectivity index (χ2v) is 11.0. The predicted octanol–water partition coefficient (Wildman–Crippen LogP) is 6.98. The fraction of sp³-hybridized carbons (Fsp3) is 0.250. The monoisotopic (exact) mass is 600 g/mol. The molecule has 5 aromatic rings. The zero-order valence-corrected chi connectivity index (χ0v) is 24.6. The van der Waals surface area contributed by atoms with Gasteiger partial charge in [0.25, 0.3) is 5.91 Å². The zero-order valence-electron chi connectivity index (χ0n) is 24.6. The predicted molar refractivity (Wildman–Crippen MR) is 165 cm³/mol. The third kappa shape index (κ3) is 5.80. The third-order valence-electron chi connectivity index (χ3n) is 8.03. The first-order valence-electron chi connectivity index (χ1n) is 14.1. The Labute approximate surface area is 252 Å². The number of alkyl halides is 3. The highest BCUT2D eigenvalue weighted by molar-refractivity contribution is 6.04. The molecule has 3 aromatic carbocycles. The number of carbonyl (C=O) groups excluding carboxylic acids is 1. The lowest BCUT2D eigenvalue weighted by Crippen LogP contribution is -2.30. The number of nitrogens with zero attached hydrogens (tertiary/aromatic N) is 5. The number of amides is 1. The maximum atomic E-state index is 13.1. The van der Waals surface area contributed by atoms with Crippen LogP contribution in [0, 0.1) is 6.92 Å². The average Bonchev–Trinajstić information content (AvgIpc) is 3.30. The summed E-state index contributed by atoms with van der Waals surface area (Å²) in [5.41, 5.74) is 5.13. The number of likely N-dealkylation sites (N-methyl/N-ethyl adjacent to an activating group) is 1. The van der Waals surface area contributed by atoms with Gasteiger partial charge in [0.1, 0.15) is 0 Å². The molecule has 0 bridgehead atoms. The second-order valence-electron chi connectivity index (χ2n) is 11.0. The van der Waals surface area contributed by atoms with E-state index in [2.05, 4.69) is 57.0 Å². The summed E-state index contributed by atoms with van der Waals surface area (Å²) in [6.45, 7) is 5.13. The van der Waals surface area contributed by atoms with Crippen molar-refractivity contribution in [1.82, 2.24) is 24.6 Å². The molecule has 1 aliphatic rings. The van der Waals surface area contributed by atoms with Gasteiger partial charge < -0.3 is 16.0 Å². The van der Waals surface area contributed by atoms with Crippen LogP contribution >= 0.6 is 0 Å². The summed E-state index contributed by atoms with van der Waals surface area (Å²) in [6.07, 6.45) is -1.82. The van der Waals surface area contributed by atoms with Gasteiger partial charge in [0, 0.05) is 48.5 Å². The Balaban J connectivity index is 1.21. The Morgan fingerprint density at radius 1 is 1.00 bits per heavy atom. The molecule has 0 saturated heterocycles.